The fraction of sp³-hybridized carbons (Fsp3) is 0.500. The van der Waals surface area contributed by atoms with Crippen LogP contribution in [0.2, 0.25) is 0 Å². The number of aromatic nitrogens is 1. The molecule has 2 rings (SSSR count). The third-order valence-electron chi connectivity index (χ3n) is 2.01. The summed E-state index contributed by atoms with van der Waals surface area (Å²) in [4.78, 5) is 17.3. The van der Waals surface area contributed by atoms with E-state index in [4.69, 9.17) is 0 Å². The van der Waals surface area contributed by atoms with E-state index in [0.29, 0.717) is 18.6 Å². The van der Waals surface area contributed by atoms with Crippen LogP contribution in [0.4, 0.5) is 5.13 Å². The molecule has 1 saturated heterocycles. The maximum atomic E-state index is 10.9. The molecule has 0 bridgehead atoms. The summed E-state index contributed by atoms with van der Waals surface area (Å²) >= 11 is 1.63. The summed E-state index contributed by atoms with van der Waals surface area (Å²) < 4.78 is 0. The van der Waals surface area contributed by atoms with Crippen LogP contribution in [-0.4, -0.2) is 23.9 Å². The molecule has 4 heteroatoms. The number of carbonyl (C=O) groups is 1. The Morgan fingerprint density at radius 2 is 2.17 bits per heavy atom. The van der Waals surface area contributed by atoms with E-state index in [1.54, 1.807) is 17.5 Å². The zero-order valence-corrected chi connectivity index (χ0v) is 7.51. The lowest BCUT2D eigenvalue weighted by atomic mass is 10.1. The molecule has 1 aliphatic heterocycles. The molecule has 1 aliphatic rings. The highest BCUT2D eigenvalue weighted by Crippen LogP contribution is 2.20. The average Bonchev–Trinajstić information content (AvgIpc) is 2.58. The van der Waals surface area contributed by atoms with Gasteiger partial charge in [0.05, 0.1) is 0 Å². The number of hydrogen-bond acceptors (Lipinski definition) is 4. The Morgan fingerprint density at radius 3 is 2.75 bits per heavy atom. The fourth-order valence-corrected chi connectivity index (χ4v) is 2.02. The monoisotopic (exact) mass is 182 g/mol. The Hall–Kier alpha value is -0.900. The van der Waals surface area contributed by atoms with Crippen LogP contribution in [0.25, 0.3) is 0 Å². The largest absolute Gasteiger partial charge is 0.347 e. The van der Waals surface area contributed by atoms with E-state index in [1.165, 1.54) is 0 Å². The van der Waals surface area contributed by atoms with Gasteiger partial charge in [0.2, 0.25) is 0 Å². The Balaban J connectivity index is 2.03. The standard InChI is InChI=1S/C8H10N2OS/c11-7-1-4-10(5-2-7)8-9-3-6-12-8/h3,6H,1-2,4-5H2. The zero-order valence-electron chi connectivity index (χ0n) is 6.69. The first-order chi connectivity index (χ1) is 5.86. The van der Waals surface area contributed by atoms with E-state index in [1.807, 2.05) is 5.38 Å². The van der Waals surface area contributed by atoms with Gasteiger partial charge in [0.25, 0.3) is 0 Å². The summed E-state index contributed by atoms with van der Waals surface area (Å²) in [5, 5.41) is 3.01. The second-order valence-corrected chi connectivity index (χ2v) is 3.71. The second kappa shape index (κ2) is 3.23. The maximum absolute atomic E-state index is 10.9. The normalized spacial score (nSPS) is 18.3. The molecule has 1 aromatic heterocycles. The summed E-state index contributed by atoms with van der Waals surface area (Å²) in [6, 6.07) is 0. The molecule has 1 aromatic rings. The van der Waals surface area contributed by atoms with E-state index in [2.05, 4.69) is 9.88 Å². The van der Waals surface area contributed by atoms with Gasteiger partial charge in [-0.05, 0) is 0 Å². The third kappa shape index (κ3) is 1.48. The molecule has 0 spiro atoms. The number of rotatable bonds is 1. The Labute approximate surface area is 75.0 Å². The number of nitrogens with zero attached hydrogens (tertiary/aromatic N) is 2. The fourth-order valence-electron chi connectivity index (χ4n) is 1.32. The van der Waals surface area contributed by atoms with Gasteiger partial charge in [-0.25, -0.2) is 4.98 Å². The molecule has 0 aromatic carbocycles. The zero-order chi connectivity index (χ0) is 8.39. The summed E-state index contributed by atoms with van der Waals surface area (Å²) in [6.07, 6.45) is 3.16. The van der Waals surface area contributed by atoms with Gasteiger partial charge in [-0.3, -0.25) is 4.79 Å². The number of ketones is 1. The van der Waals surface area contributed by atoms with Crippen molar-refractivity contribution in [3.8, 4) is 0 Å². The van der Waals surface area contributed by atoms with Crippen LogP contribution in [0.15, 0.2) is 11.6 Å². The molecule has 0 saturated carbocycles. The van der Waals surface area contributed by atoms with Gasteiger partial charge < -0.3 is 4.90 Å². The van der Waals surface area contributed by atoms with E-state index in [0.717, 1.165) is 18.2 Å². The number of thiazole rings is 1. The van der Waals surface area contributed by atoms with Crippen LogP contribution in [0, 0.1) is 0 Å². The van der Waals surface area contributed by atoms with Crippen molar-refractivity contribution in [3.63, 3.8) is 0 Å². The molecule has 64 valence electrons. The van der Waals surface area contributed by atoms with Crippen molar-refractivity contribution in [1.82, 2.24) is 4.98 Å². The first kappa shape index (κ1) is 7.73. The number of hydrogen-bond donors (Lipinski definition) is 0. The molecule has 0 aliphatic carbocycles. The lowest BCUT2D eigenvalue weighted by Gasteiger charge is -2.24. The summed E-state index contributed by atoms with van der Waals surface area (Å²) in [6.45, 7) is 1.68. The SMILES string of the molecule is O=C1CCN(c2nccs2)CC1. The predicted octanol–water partition coefficient (Wildman–Crippen LogP) is 1.31. The van der Waals surface area contributed by atoms with Gasteiger partial charge in [-0.1, -0.05) is 0 Å². The van der Waals surface area contributed by atoms with E-state index in [-0.39, 0.29) is 0 Å². The van der Waals surface area contributed by atoms with Crippen LogP contribution in [0.3, 0.4) is 0 Å². The Morgan fingerprint density at radius 1 is 1.42 bits per heavy atom. The minimum absolute atomic E-state index is 0.378. The number of piperidine rings is 1. The molecular formula is C8H10N2OS. The molecule has 0 amide bonds. The Kier molecular flexibility index (Phi) is 2.08. The van der Waals surface area contributed by atoms with Crippen molar-refractivity contribution in [2.45, 2.75) is 12.8 Å². The number of anilines is 1. The highest BCUT2D eigenvalue weighted by Gasteiger charge is 2.17. The van der Waals surface area contributed by atoms with Gasteiger partial charge in [0, 0.05) is 37.5 Å². The van der Waals surface area contributed by atoms with Crippen LogP contribution >= 0.6 is 11.3 Å². The minimum Gasteiger partial charge on any atom is -0.347 e. The first-order valence-electron chi connectivity index (χ1n) is 4.02. The molecule has 12 heavy (non-hydrogen) atoms. The summed E-state index contributed by atoms with van der Waals surface area (Å²) in [5.41, 5.74) is 0. The van der Waals surface area contributed by atoms with Crippen LogP contribution in [0.1, 0.15) is 12.8 Å². The molecule has 1 fully saturated rings. The van der Waals surface area contributed by atoms with Gasteiger partial charge in [-0.15, -0.1) is 11.3 Å². The molecule has 0 radical (unpaired) electrons. The third-order valence-corrected chi connectivity index (χ3v) is 2.84. The minimum atomic E-state index is 0.378. The first-order valence-corrected chi connectivity index (χ1v) is 4.90. The summed E-state index contributed by atoms with van der Waals surface area (Å²) in [7, 11) is 0. The highest BCUT2D eigenvalue weighted by atomic mass is 32.1. The van der Waals surface area contributed by atoms with Crippen LogP contribution in [0.5, 0.6) is 0 Å². The van der Waals surface area contributed by atoms with E-state index >= 15 is 0 Å². The maximum Gasteiger partial charge on any atom is 0.185 e. The smallest absolute Gasteiger partial charge is 0.185 e. The van der Waals surface area contributed by atoms with Crippen molar-refractivity contribution >= 4 is 22.3 Å². The quantitative estimate of drug-likeness (QED) is 0.656. The topological polar surface area (TPSA) is 33.2 Å². The van der Waals surface area contributed by atoms with Crippen molar-refractivity contribution in [3.05, 3.63) is 11.6 Å². The molecule has 3 nitrogen and oxygen atoms in total. The Bertz CT molecular complexity index is 261. The second-order valence-electron chi connectivity index (χ2n) is 2.84. The van der Waals surface area contributed by atoms with Crippen molar-refractivity contribution in [1.29, 1.82) is 0 Å². The average molecular weight is 182 g/mol. The van der Waals surface area contributed by atoms with E-state index < -0.39 is 0 Å². The molecule has 2 heterocycles. The van der Waals surface area contributed by atoms with Crippen molar-refractivity contribution in [2.24, 2.45) is 0 Å². The highest BCUT2D eigenvalue weighted by molar-refractivity contribution is 7.13. The van der Waals surface area contributed by atoms with Crippen LogP contribution in [-0.2, 0) is 4.79 Å². The molecule has 0 unspecified atom stereocenters. The number of carbonyl (C=O) groups excluding carboxylic acids is 1. The van der Waals surface area contributed by atoms with Crippen LogP contribution < -0.4 is 4.90 Å². The molecule has 0 atom stereocenters. The number of Topliss-reactive ketones (excluding diaryl/α,β-unsaturated/α-hetero) is 1. The van der Waals surface area contributed by atoms with Gasteiger partial charge in [-0.2, -0.15) is 0 Å². The van der Waals surface area contributed by atoms with Gasteiger partial charge >= 0.3 is 0 Å². The lowest BCUT2D eigenvalue weighted by Crippen LogP contribution is -2.33. The van der Waals surface area contributed by atoms with E-state index in [9.17, 15) is 4.79 Å². The predicted molar refractivity (Wildman–Crippen MR) is 48.6 cm³/mol. The summed E-state index contributed by atoms with van der Waals surface area (Å²) in [5.74, 6) is 0.378. The van der Waals surface area contributed by atoms with Crippen molar-refractivity contribution in [2.75, 3.05) is 18.0 Å². The lowest BCUT2D eigenvalue weighted by molar-refractivity contribution is -0.119. The molecular weight excluding hydrogens is 172 g/mol. The van der Waals surface area contributed by atoms with Crippen molar-refractivity contribution < 1.29 is 4.79 Å². The van der Waals surface area contributed by atoms with Gasteiger partial charge in [0.15, 0.2) is 5.13 Å². The van der Waals surface area contributed by atoms with Gasteiger partial charge in [0.1, 0.15) is 5.78 Å². The molecule has 0 N–H and O–H groups in total.